The monoisotopic (exact) mass is 193 g/mol. The Morgan fingerprint density at radius 1 is 1.58 bits per heavy atom. The second-order valence-electron chi connectivity index (χ2n) is 3.18. The number of nitrogens with one attached hydrogen (secondary N) is 1. The lowest BCUT2D eigenvalue weighted by Gasteiger charge is -2.21. The van der Waals surface area contributed by atoms with Crippen molar-refractivity contribution in [2.75, 3.05) is 25.2 Å². The molecule has 1 aliphatic heterocycles. The van der Waals surface area contributed by atoms with E-state index in [4.69, 9.17) is 0 Å². The van der Waals surface area contributed by atoms with Gasteiger partial charge in [0.25, 0.3) is 0 Å². The standard InChI is InChI=1S/C7H15NO3S/c1-11-8-5-7-3-2-4-12(9,10)6-7/h7-8H,2-6H2,1H3. The third-order valence-electron chi connectivity index (χ3n) is 2.07. The third kappa shape index (κ3) is 3.08. The smallest absolute Gasteiger partial charge is 0.150 e. The number of hydrogen-bond donors (Lipinski definition) is 1. The molecule has 5 heteroatoms. The highest BCUT2D eigenvalue weighted by atomic mass is 32.2. The highest BCUT2D eigenvalue weighted by Crippen LogP contribution is 2.17. The first-order valence-electron chi connectivity index (χ1n) is 4.10. The van der Waals surface area contributed by atoms with Gasteiger partial charge in [0.1, 0.15) is 0 Å². The molecule has 0 aliphatic carbocycles. The van der Waals surface area contributed by atoms with Crippen LogP contribution in [0.5, 0.6) is 0 Å². The number of sulfone groups is 1. The first-order chi connectivity index (χ1) is 5.64. The minimum absolute atomic E-state index is 0.226. The molecule has 1 fully saturated rings. The van der Waals surface area contributed by atoms with Crippen molar-refractivity contribution >= 4 is 9.84 Å². The van der Waals surface area contributed by atoms with Crippen LogP contribution in [0.15, 0.2) is 0 Å². The zero-order chi connectivity index (χ0) is 9.03. The molecule has 0 bridgehead atoms. The van der Waals surface area contributed by atoms with E-state index in [-0.39, 0.29) is 5.92 Å². The molecule has 12 heavy (non-hydrogen) atoms. The maximum absolute atomic E-state index is 11.2. The molecule has 4 nitrogen and oxygen atoms in total. The molecule has 1 heterocycles. The lowest BCUT2D eigenvalue weighted by molar-refractivity contribution is 0.0806. The summed E-state index contributed by atoms with van der Waals surface area (Å²) in [7, 11) is -1.22. The zero-order valence-corrected chi connectivity index (χ0v) is 8.06. The third-order valence-corrected chi connectivity index (χ3v) is 3.96. The van der Waals surface area contributed by atoms with E-state index in [1.165, 1.54) is 7.11 Å². The lowest BCUT2D eigenvalue weighted by Crippen LogP contribution is -2.32. The quantitative estimate of drug-likeness (QED) is 0.639. The Labute approximate surface area is 73.2 Å². The van der Waals surface area contributed by atoms with E-state index >= 15 is 0 Å². The van der Waals surface area contributed by atoms with E-state index in [1.54, 1.807) is 0 Å². The molecule has 0 saturated carbocycles. The van der Waals surface area contributed by atoms with Crippen LogP contribution in [0, 0.1) is 5.92 Å². The average molecular weight is 193 g/mol. The molecule has 0 radical (unpaired) electrons. The molecule has 0 aromatic rings. The van der Waals surface area contributed by atoms with Gasteiger partial charge in [0.2, 0.25) is 0 Å². The minimum atomic E-state index is -2.76. The van der Waals surface area contributed by atoms with Gasteiger partial charge < -0.3 is 4.84 Å². The van der Waals surface area contributed by atoms with Crippen LogP contribution >= 0.6 is 0 Å². The Morgan fingerprint density at radius 3 is 2.92 bits per heavy atom. The Bertz CT molecular complexity index is 225. The molecule has 0 spiro atoms. The Hall–Kier alpha value is -0.130. The van der Waals surface area contributed by atoms with Gasteiger partial charge in [-0.2, -0.15) is 0 Å². The van der Waals surface area contributed by atoms with Gasteiger partial charge in [0.15, 0.2) is 9.84 Å². The molecule has 1 N–H and O–H groups in total. The van der Waals surface area contributed by atoms with Crippen molar-refractivity contribution in [1.29, 1.82) is 0 Å². The SMILES string of the molecule is CONCC1CCCS(=O)(=O)C1. The molecule has 0 amide bonds. The second-order valence-corrected chi connectivity index (χ2v) is 5.40. The summed E-state index contributed by atoms with van der Waals surface area (Å²) in [5.41, 5.74) is 2.69. The van der Waals surface area contributed by atoms with Crippen LogP contribution in [0.25, 0.3) is 0 Å². The van der Waals surface area contributed by atoms with Crippen molar-refractivity contribution in [2.24, 2.45) is 5.92 Å². The Balaban J connectivity index is 2.36. The summed E-state index contributed by atoms with van der Waals surface area (Å²) in [6, 6.07) is 0. The minimum Gasteiger partial charge on any atom is -0.305 e. The predicted molar refractivity (Wildman–Crippen MR) is 46.4 cm³/mol. The van der Waals surface area contributed by atoms with Crippen molar-refractivity contribution in [3.63, 3.8) is 0 Å². The maximum atomic E-state index is 11.2. The number of rotatable bonds is 3. The molecule has 1 aliphatic rings. The molecule has 1 atom stereocenters. The number of hydrogen-bond acceptors (Lipinski definition) is 4. The maximum Gasteiger partial charge on any atom is 0.150 e. The van der Waals surface area contributed by atoms with E-state index in [0.29, 0.717) is 18.1 Å². The molecule has 1 saturated heterocycles. The fourth-order valence-electron chi connectivity index (χ4n) is 1.48. The molecule has 0 aromatic carbocycles. The lowest BCUT2D eigenvalue weighted by atomic mass is 10.1. The van der Waals surface area contributed by atoms with Gasteiger partial charge in [0, 0.05) is 6.54 Å². The van der Waals surface area contributed by atoms with Crippen molar-refractivity contribution in [3.05, 3.63) is 0 Å². The van der Waals surface area contributed by atoms with Crippen LogP contribution in [-0.4, -0.2) is 33.6 Å². The first-order valence-corrected chi connectivity index (χ1v) is 5.92. The molecule has 0 aromatic heterocycles. The van der Waals surface area contributed by atoms with Crippen LogP contribution < -0.4 is 5.48 Å². The van der Waals surface area contributed by atoms with Crippen LogP contribution in [0.1, 0.15) is 12.8 Å². The molecule has 1 rings (SSSR count). The Kier molecular flexibility index (Phi) is 3.49. The largest absolute Gasteiger partial charge is 0.305 e. The van der Waals surface area contributed by atoms with E-state index < -0.39 is 9.84 Å². The second kappa shape index (κ2) is 4.20. The Morgan fingerprint density at radius 2 is 2.33 bits per heavy atom. The summed E-state index contributed by atoms with van der Waals surface area (Å²) < 4.78 is 22.3. The molecular weight excluding hydrogens is 178 g/mol. The fraction of sp³-hybridized carbons (Fsp3) is 1.00. The normalized spacial score (nSPS) is 28.6. The van der Waals surface area contributed by atoms with Gasteiger partial charge >= 0.3 is 0 Å². The fourth-order valence-corrected chi connectivity index (χ4v) is 3.26. The van der Waals surface area contributed by atoms with Crippen LogP contribution in [0.2, 0.25) is 0 Å². The van der Waals surface area contributed by atoms with Gasteiger partial charge in [-0.05, 0) is 18.8 Å². The van der Waals surface area contributed by atoms with E-state index in [9.17, 15) is 8.42 Å². The van der Waals surface area contributed by atoms with Crippen molar-refractivity contribution in [3.8, 4) is 0 Å². The summed E-state index contributed by atoms with van der Waals surface area (Å²) in [5.74, 6) is 0.892. The molecular formula is C7H15NO3S. The van der Waals surface area contributed by atoms with E-state index in [1.807, 2.05) is 0 Å². The summed E-state index contributed by atoms with van der Waals surface area (Å²) >= 11 is 0. The van der Waals surface area contributed by atoms with Gasteiger partial charge in [-0.15, -0.1) is 0 Å². The summed E-state index contributed by atoms with van der Waals surface area (Å²) in [5, 5.41) is 0. The van der Waals surface area contributed by atoms with E-state index in [2.05, 4.69) is 10.3 Å². The predicted octanol–water partition coefficient (Wildman–Crippen LogP) is -0.0378. The molecule has 72 valence electrons. The highest BCUT2D eigenvalue weighted by molar-refractivity contribution is 7.91. The van der Waals surface area contributed by atoms with E-state index in [0.717, 1.165) is 12.8 Å². The zero-order valence-electron chi connectivity index (χ0n) is 7.25. The average Bonchev–Trinajstić information content (AvgIpc) is 1.99. The van der Waals surface area contributed by atoms with Crippen LogP contribution in [0.4, 0.5) is 0 Å². The molecule has 1 unspecified atom stereocenters. The first kappa shape index (κ1) is 9.95. The number of hydroxylamine groups is 1. The van der Waals surface area contributed by atoms with Crippen molar-refractivity contribution in [2.45, 2.75) is 12.8 Å². The summed E-state index contributed by atoms with van der Waals surface area (Å²) in [4.78, 5) is 4.67. The van der Waals surface area contributed by atoms with Gasteiger partial charge in [-0.1, -0.05) is 0 Å². The van der Waals surface area contributed by atoms with Crippen molar-refractivity contribution < 1.29 is 13.3 Å². The van der Waals surface area contributed by atoms with Gasteiger partial charge in [0.05, 0.1) is 18.6 Å². The van der Waals surface area contributed by atoms with Gasteiger partial charge in [-0.25, -0.2) is 13.9 Å². The summed E-state index contributed by atoms with van der Waals surface area (Å²) in [6.45, 7) is 0.635. The topological polar surface area (TPSA) is 55.4 Å². The van der Waals surface area contributed by atoms with Crippen LogP contribution in [-0.2, 0) is 14.7 Å². The van der Waals surface area contributed by atoms with Crippen LogP contribution in [0.3, 0.4) is 0 Å². The van der Waals surface area contributed by atoms with Crippen molar-refractivity contribution in [1.82, 2.24) is 5.48 Å². The summed E-state index contributed by atoms with van der Waals surface area (Å²) in [6.07, 6.45) is 1.77. The highest BCUT2D eigenvalue weighted by Gasteiger charge is 2.24. The van der Waals surface area contributed by atoms with Gasteiger partial charge in [-0.3, -0.25) is 0 Å².